The van der Waals surface area contributed by atoms with Crippen molar-refractivity contribution in [2.75, 3.05) is 29.6 Å². The average Bonchev–Trinajstić information content (AvgIpc) is 2.93. The number of hydrogen-bond acceptors (Lipinski definition) is 5. The Morgan fingerprint density at radius 2 is 2.06 bits per heavy atom. The van der Waals surface area contributed by atoms with Crippen LogP contribution in [0.2, 0.25) is 0 Å². The van der Waals surface area contributed by atoms with Gasteiger partial charge in [0, 0.05) is 49.3 Å². The van der Waals surface area contributed by atoms with Crippen LogP contribution in [0.15, 0.2) is 53.7 Å². The molecule has 1 unspecified atom stereocenters. The van der Waals surface area contributed by atoms with E-state index in [2.05, 4.69) is 15.3 Å². The summed E-state index contributed by atoms with van der Waals surface area (Å²) in [5.41, 5.74) is 1.39. The van der Waals surface area contributed by atoms with Crippen molar-refractivity contribution in [2.24, 2.45) is 0 Å². The molecule has 162 valence electrons. The monoisotopic (exact) mass is 444 g/mol. The number of anilines is 2. The number of rotatable bonds is 4. The van der Waals surface area contributed by atoms with Crippen LogP contribution >= 0.6 is 0 Å². The summed E-state index contributed by atoms with van der Waals surface area (Å²) < 4.78 is 39.5. The van der Waals surface area contributed by atoms with Crippen LogP contribution in [0.3, 0.4) is 0 Å². The molecule has 0 spiro atoms. The first-order valence-electron chi connectivity index (χ1n) is 9.95. The van der Waals surface area contributed by atoms with Gasteiger partial charge in [-0.05, 0) is 41.9 Å². The Bertz CT molecular complexity index is 1110. The molecule has 1 N–H and O–H groups in total. The van der Waals surface area contributed by atoms with Crippen LogP contribution < -0.4 is 10.2 Å². The van der Waals surface area contributed by atoms with E-state index in [9.17, 15) is 18.1 Å². The Hall–Kier alpha value is -2.78. The number of carbonyl (C=O) groups excluding carboxylic acids is 1. The van der Waals surface area contributed by atoms with Crippen molar-refractivity contribution in [3.63, 3.8) is 0 Å². The van der Waals surface area contributed by atoms with Crippen LogP contribution in [0.5, 0.6) is 0 Å². The Morgan fingerprint density at radius 1 is 1.23 bits per heavy atom. The molecule has 0 aliphatic carbocycles. The normalized spacial score (nSPS) is 17.2. The van der Waals surface area contributed by atoms with Gasteiger partial charge in [0.15, 0.2) is 4.90 Å². The molecule has 2 aromatic heterocycles. The number of fused-ring (bicyclic) bond motifs is 1. The van der Waals surface area contributed by atoms with Crippen molar-refractivity contribution in [2.45, 2.75) is 30.1 Å². The fourth-order valence-corrected chi connectivity index (χ4v) is 4.20. The van der Waals surface area contributed by atoms with Crippen molar-refractivity contribution in [3.05, 3.63) is 54.4 Å². The van der Waals surface area contributed by atoms with E-state index < -0.39 is 23.0 Å². The zero-order valence-electron chi connectivity index (χ0n) is 17.0. The maximum absolute atomic E-state index is 13.9. The SMILES string of the molecule is C[S+]([O-])c1cccc(NC(=O)c2cc3ccncc3nc2N2CCCC(F)(F)CC2)c1. The highest BCUT2D eigenvalue weighted by atomic mass is 32.2. The summed E-state index contributed by atoms with van der Waals surface area (Å²) in [6.07, 6.45) is 4.61. The summed E-state index contributed by atoms with van der Waals surface area (Å²) in [5, 5.41) is 3.55. The molecular weight excluding hydrogens is 422 g/mol. The number of benzene rings is 1. The van der Waals surface area contributed by atoms with E-state index in [1.165, 1.54) is 0 Å². The Kier molecular flexibility index (Phi) is 6.06. The molecule has 9 heteroatoms. The number of aromatic nitrogens is 2. The predicted octanol–water partition coefficient (Wildman–Crippen LogP) is 4.25. The quantitative estimate of drug-likeness (QED) is 0.609. The second-order valence-corrected chi connectivity index (χ2v) is 8.94. The summed E-state index contributed by atoms with van der Waals surface area (Å²) in [6, 6.07) is 10.3. The average molecular weight is 445 g/mol. The highest BCUT2D eigenvalue weighted by molar-refractivity contribution is 7.90. The second-order valence-electron chi connectivity index (χ2n) is 7.56. The summed E-state index contributed by atoms with van der Waals surface area (Å²) in [7, 11) is 0. The number of pyridine rings is 2. The highest BCUT2D eigenvalue weighted by Crippen LogP contribution is 2.32. The summed E-state index contributed by atoms with van der Waals surface area (Å²) in [4.78, 5) is 24.2. The molecule has 0 bridgehead atoms. The van der Waals surface area contributed by atoms with Crippen LogP contribution in [-0.2, 0) is 11.2 Å². The summed E-state index contributed by atoms with van der Waals surface area (Å²) >= 11 is -1.18. The minimum Gasteiger partial charge on any atom is -0.612 e. The van der Waals surface area contributed by atoms with Gasteiger partial charge < -0.3 is 14.8 Å². The molecule has 3 aromatic rings. The highest BCUT2D eigenvalue weighted by Gasteiger charge is 2.33. The van der Waals surface area contributed by atoms with Gasteiger partial charge in [0.05, 0.1) is 17.3 Å². The van der Waals surface area contributed by atoms with Gasteiger partial charge in [-0.3, -0.25) is 9.78 Å². The van der Waals surface area contributed by atoms with Gasteiger partial charge in [-0.1, -0.05) is 6.07 Å². The number of carbonyl (C=O) groups is 1. The molecule has 6 nitrogen and oxygen atoms in total. The number of alkyl halides is 2. The third-order valence-corrected chi connectivity index (χ3v) is 6.20. The third-order valence-electron chi connectivity index (χ3n) is 5.29. The van der Waals surface area contributed by atoms with E-state index in [1.807, 2.05) is 0 Å². The van der Waals surface area contributed by atoms with E-state index in [4.69, 9.17) is 0 Å². The lowest BCUT2D eigenvalue weighted by molar-refractivity contribution is -0.0102. The third kappa shape index (κ3) is 4.94. The molecule has 1 atom stereocenters. The molecule has 1 saturated heterocycles. The van der Waals surface area contributed by atoms with Gasteiger partial charge in [-0.25, -0.2) is 13.8 Å². The molecule has 1 fully saturated rings. The smallest absolute Gasteiger partial charge is 0.259 e. The van der Waals surface area contributed by atoms with E-state index in [0.717, 1.165) is 5.39 Å². The first-order valence-corrected chi connectivity index (χ1v) is 11.5. The largest absolute Gasteiger partial charge is 0.612 e. The van der Waals surface area contributed by atoms with E-state index in [1.54, 1.807) is 59.9 Å². The number of halogens is 2. The van der Waals surface area contributed by atoms with Crippen LogP contribution in [0.1, 0.15) is 29.6 Å². The first-order chi connectivity index (χ1) is 14.8. The Morgan fingerprint density at radius 3 is 2.87 bits per heavy atom. The lowest BCUT2D eigenvalue weighted by Gasteiger charge is -2.24. The molecule has 1 amide bonds. The lowest BCUT2D eigenvalue weighted by atomic mass is 10.1. The van der Waals surface area contributed by atoms with Crippen molar-refractivity contribution in [1.29, 1.82) is 0 Å². The first kappa shape index (κ1) is 21.5. The molecule has 0 radical (unpaired) electrons. The maximum Gasteiger partial charge on any atom is 0.259 e. The maximum atomic E-state index is 13.9. The molecule has 1 aliphatic rings. The molecule has 1 aliphatic heterocycles. The van der Waals surface area contributed by atoms with Gasteiger partial charge in [0.1, 0.15) is 12.1 Å². The molecule has 1 aromatic carbocycles. The summed E-state index contributed by atoms with van der Waals surface area (Å²) in [6.45, 7) is 0.495. The van der Waals surface area contributed by atoms with E-state index >= 15 is 0 Å². The zero-order chi connectivity index (χ0) is 22.0. The van der Waals surface area contributed by atoms with Crippen LogP contribution in [0.25, 0.3) is 10.9 Å². The molecule has 31 heavy (non-hydrogen) atoms. The minimum absolute atomic E-state index is 0.107. The van der Waals surface area contributed by atoms with Crippen LogP contribution in [0, 0.1) is 0 Å². The fraction of sp³-hybridized carbons (Fsp3) is 0.318. The topological polar surface area (TPSA) is 81.2 Å². The number of nitrogens with zero attached hydrogens (tertiary/aromatic N) is 3. The Labute approximate surface area is 181 Å². The van der Waals surface area contributed by atoms with Crippen molar-refractivity contribution >= 4 is 39.5 Å². The minimum atomic E-state index is -2.72. The van der Waals surface area contributed by atoms with Crippen LogP contribution in [-0.4, -0.2) is 45.7 Å². The number of hydrogen-bond donors (Lipinski definition) is 1. The Balaban J connectivity index is 1.71. The van der Waals surface area contributed by atoms with Gasteiger partial charge >= 0.3 is 0 Å². The molecule has 4 rings (SSSR count). The van der Waals surface area contributed by atoms with E-state index in [-0.39, 0.29) is 19.4 Å². The van der Waals surface area contributed by atoms with Gasteiger partial charge in [0.2, 0.25) is 5.92 Å². The van der Waals surface area contributed by atoms with Crippen molar-refractivity contribution in [1.82, 2.24) is 9.97 Å². The zero-order valence-corrected chi connectivity index (χ0v) is 17.8. The predicted molar refractivity (Wildman–Crippen MR) is 117 cm³/mol. The lowest BCUT2D eigenvalue weighted by Crippen LogP contribution is -2.29. The second kappa shape index (κ2) is 8.76. The van der Waals surface area contributed by atoms with Gasteiger partial charge in [-0.2, -0.15) is 0 Å². The van der Waals surface area contributed by atoms with Gasteiger partial charge in [0.25, 0.3) is 5.91 Å². The van der Waals surface area contributed by atoms with E-state index in [0.29, 0.717) is 40.4 Å². The summed E-state index contributed by atoms with van der Waals surface area (Å²) in [5.74, 6) is -2.76. The van der Waals surface area contributed by atoms with Crippen molar-refractivity contribution in [3.8, 4) is 0 Å². The van der Waals surface area contributed by atoms with Gasteiger partial charge in [-0.15, -0.1) is 0 Å². The number of amides is 1. The number of nitrogens with one attached hydrogen (secondary N) is 1. The van der Waals surface area contributed by atoms with Crippen LogP contribution in [0.4, 0.5) is 20.3 Å². The molecular formula is C22H22F2N4O2S. The van der Waals surface area contributed by atoms with Crippen molar-refractivity contribution < 1.29 is 18.1 Å². The fourth-order valence-electron chi connectivity index (χ4n) is 3.64. The molecule has 0 saturated carbocycles. The molecule has 3 heterocycles. The standard InChI is InChI=1S/C22H22F2N4O2S/c1-31(30)17-5-2-4-16(13-17)26-21(29)18-12-15-6-9-25-14-19(15)27-20(18)28-10-3-7-22(23,24)8-11-28/h2,4-6,9,12-14H,3,7-8,10-11H2,1H3,(H,26,29).